The topological polar surface area (TPSA) is 47.8 Å². The Bertz CT molecular complexity index is 508. The molecule has 0 atom stereocenters. The van der Waals surface area contributed by atoms with Crippen molar-refractivity contribution in [2.75, 3.05) is 0 Å². The number of hydrogen-bond donors (Lipinski definition) is 0. The molecule has 0 saturated heterocycles. The van der Waals surface area contributed by atoms with E-state index >= 15 is 0 Å². The van der Waals surface area contributed by atoms with Crippen molar-refractivity contribution in [3.8, 4) is 0 Å². The van der Waals surface area contributed by atoms with Gasteiger partial charge in [-0.05, 0) is 19.9 Å². The maximum absolute atomic E-state index is 11.9. The molecule has 0 aliphatic heterocycles. The third kappa shape index (κ3) is 2.04. The van der Waals surface area contributed by atoms with Gasteiger partial charge in [-0.3, -0.25) is 9.48 Å². The maximum Gasteiger partial charge on any atom is 0.187 e. The Labute approximate surface area is 97.9 Å². The minimum Gasteiger partial charge on any atom is -0.292 e. The molecule has 0 bridgehead atoms. The van der Waals surface area contributed by atoms with E-state index in [2.05, 4.69) is 10.1 Å². The van der Waals surface area contributed by atoms with Gasteiger partial charge >= 0.3 is 0 Å². The van der Waals surface area contributed by atoms with Crippen LogP contribution in [0.2, 0.25) is 0 Å². The van der Waals surface area contributed by atoms with Crippen LogP contribution in [0, 0.1) is 13.8 Å². The molecule has 0 N–H and O–H groups in total. The molecule has 0 unspecified atom stereocenters. The summed E-state index contributed by atoms with van der Waals surface area (Å²) in [6, 6.07) is 1.73. The van der Waals surface area contributed by atoms with E-state index in [1.165, 1.54) is 4.88 Å². The zero-order valence-electron chi connectivity index (χ0n) is 9.52. The predicted molar refractivity (Wildman–Crippen MR) is 62.8 cm³/mol. The van der Waals surface area contributed by atoms with Gasteiger partial charge < -0.3 is 0 Å². The van der Waals surface area contributed by atoms with E-state index in [0.717, 1.165) is 10.7 Å². The van der Waals surface area contributed by atoms with E-state index < -0.39 is 0 Å². The van der Waals surface area contributed by atoms with Gasteiger partial charge in [0.1, 0.15) is 10.7 Å². The first-order valence-electron chi connectivity index (χ1n) is 5.02. The number of thiazole rings is 1. The highest BCUT2D eigenvalue weighted by Crippen LogP contribution is 2.18. The molecule has 0 spiro atoms. The molecule has 84 valence electrons. The van der Waals surface area contributed by atoms with Crippen molar-refractivity contribution in [2.24, 2.45) is 7.05 Å². The second-order valence-corrected chi connectivity index (χ2v) is 4.98. The zero-order valence-corrected chi connectivity index (χ0v) is 10.3. The lowest BCUT2D eigenvalue weighted by molar-refractivity contribution is 0.0984. The van der Waals surface area contributed by atoms with Gasteiger partial charge in [0.15, 0.2) is 5.78 Å². The summed E-state index contributed by atoms with van der Waals surface area (Å²) in [5.74, 6) is 0.0637. The fourth-order valence-corrected chi connectivity index (χ4v) is 2.42. The summed E-state index contributed by atoms with van der Waals surface area (Å²) >= 11 is 1.58. The van der Waals surface area contributed by atoms with Gasteiger partial charge in [0.05, 0.1) is 12.1 Å². The molecule has 0 aliphatic rings. The standard InChI is InChI=1S/C11H13N3OS/c1-7-8(2)16-11(13-7)6-10(15)9-4-5-12-14(9)3/h4-5H,6H2,1-3H3. The Hall–Kier alpha value is -1.49. The lowest BCUT2D eigenvalue weighted by atomic mass is 10.2. The summed E-state index contributed by atoms with van der Waals surface area (Å²) in [5, 5.41) is 4.86. The number of ketones is 1. The van der Waals surface area contributed by atoms with Crippen LogP contribution in [0.25, 0.3) is 0 Å². The summed E-state index contributed by atoms with van der Waals surface area (Å²) < 4.78 is 1.59. The summed E-state index contributed by atoms with van der Waals surface area (Å²) in [4.78, 5) is 17.5. The molecule has 0 aliphatic carbocycles. The predicted octanol–water partition coefficient (Wildman–Crippen LogP) is 1.92. The summed E-state index contributed by atoms with van der Waals surface area (Å²) in [6.07, 6.45) is 1.99. The van der Waals surface area contributed by atoms with Crippen molar-refractivity contribution in [1.82, 2.24) is 14.8 Å². The van der Waals surface area contributed by atoms with Gasteiger partial charge in [-0.25, -0.2) is 4.98 Å². The number of aromatic nitrogens is 3. The molecule has 0 amide bonds. The van der Waals surface area contributed by atoms with Crippen molar-refractivity contribution in [2.45, 2.75) is 20.3 Å². The molecule has 5 heteroatoms. The molecular formula is C11H13N3OS. The van der Waals surface area contributed by atoms with Crippen LogP contribution in [0.4, 0.5) is 0 Å². The van der Waals surface area contributed by atoms with Gasteiger partial charge in [-0.15, -0.1) is 11.3 Å². The number of rotatable bonds is 3. The minimum atomic E-state index is 0.0637. The van der Waals surface area contributed by atoms with Gasteiger partial charge in [-0.1, -0.05) is 0 Å². The molecule has 4 nitrogen and oxygen atoms in total. The maximum atomic E-state index is 11.9. The number of carbonyl (C=O) groups excluding carboxylic acids is 1. The Balaban J connectivity index is 2.17. The van der Waals surface area contributed by atoms with Crippen molar-refractivity contribution < 1.29 is 4.79 Å². The first-order chi connectivity index (χ1) is 7.58. The highest BCUT2D eigenvalue weighted by molar-refractivity contribution is 7.11. The van der Waals surface area contributed by atoms with E-state index in [1.54, 1.807) is 35.3 Å². The number of nitrogens with zero attached hydrogens (tertiary/aromatic N) is 3. The van der Waals surface area contributed by atoms with Crippen LogP contribution in [-0.4, -0.2) is 20.5 Å². The van der Waals surface area contributed by atoms with Crippen LogP contribution in [0.15, 0.2) is 12.3 Å². The minimum absolute atomic E-state index is 0.0637. The Kier molecular flexibility index (Phi) is 2.87. The van der Waals surface area contributed by atoms with Crippen LogP contribution < -0.4 is 0 Å². The molecule has 0 fully saturated rings. The number of carbonyl (C=O) groups is 1. The van der Waals surface area contributed by atoms with Crippen LogP contribution in [0.1, 0.15) is 26.1 Å². The van der Waals surface area contributed by atoms with Crippen LogP contribution in [0.3, 0.4) is 0 Å². The summed E-state index contributed by atoms with van der Waals surface area (Å²) in [7, 11) is 1.77. The first-order valence-corrected chi connectivity index (χ1v) is 5.83. The van der Waals surface area contributed by atoms with Crippen molar-refractivity contribution in [3.63, 3.8) is 0 Å². The Morgan fingerprint density at radius 1 is 1.50 bits per heavy atom. The van der Waals surface area contributed by atoms with Crippen LogP contribution in [0.5, 0.6) is 0 Å². The molecule has 2 rings (SSSR count). The Morgan fingerprint density at radius 2 is 2.25 bits per heavy atom. The second-order valence-electron chi connectivity index (χ2n) is 3.69. The summed E-state index contributed by atoms with van der Waals surface area (Å²) in [6.45, 7) is 3.98. The lowest BCUT2D eigenvalue weighted by Gasteiger charge is -1.98. The van der Waals surface area contributed by atoms with Gasteiger partial charge in [0, 0.05) is 18.1 Å². The van der Waals surface area contributed by atoms with E-state index in [4.69, 9.17) is 0 Å². The molecule has 0 saturated carbocycles. The molecule has 0 aromatic carbocycles. The number of aryl methyl sites for hydroxylation is 3. The quantitative estimate of drug-likeness (QED) is 0.764. The smallest absolute Gasteiger partial charge is 0.187 e. The lowest BCUT2D eigenvalue weighted by Crippen LogP contribution is -2.09. The van der Waals surface area contributed by atoms with Crippen LogP contribution in [-0.2, 0) is 13.5 Å². The SMILES string of the molecule is Cc1nc(CC(=O)c2ccnn2C)sc1C. The molecule has 2 aromatic rings. The van der Waals surface area contributed by atoms with Gasteiger partial charge in [0.2, 0.25) is 0 Å². The first kappa shape index (κ1) is 11.0. The van der Waals surface area contributed by atoms with Crippen molar-refractivity contribution in [3.05, 3.63) is 33.5 Å². The molecule has 2 aromatic heterocycles. The number of hydrogen-bond acceptors (Lipinski definition) is 4. The van der Waals surface area contributed by atoms with E-state index in [9.17, 15) is 4.79 Å². The Morgan fingerprint density at radius 3 is 2.75 bits per heavy atom. The zero-order chi connectivity index (χ0) is 11.7. The number of Topliss-reactive ketones (excluding diaryl/α,β-unsaturated/α-hetero) is 1. The van der Waals surface area contributed by atoms with E-state index in [0.29, 0.717) is 12.1 Å². The molecule has 0 radical (unpaired) electrons. The van der Waals surface area contributed by atoms with Crippen LogP contribution >= 0.6 is 11.3 Å². The normalized spacial score (nSPS) is 10.7. The highest BCUT2D eigenvalue weighted by atomic mass is 32.1. The van der Waals surface area contributed by atoms with E-state index in [-0.39, 0.29) is 5.78 Å². The highest BCUT2D eigenvalue weighted by Gasteiger charge is 2.13. The average Bonchev–Trinajstić information content (AvgIpc) is 2.74. The third-order valence-electron chi connectivity index (χ3n) is 2.49. The van der Waals surface area contributed by atoms with E-state index in [1.807, 2.05) is 13.8 Å². The molecule has 2 heterocycles. The summed E-state index contributed by atoms with van der Waals surface area (Å²) in [5.41, 5.74) is 1.64. The van der Waals surface area contributed by atoms with Gasteiger partial charge in [-0.2, -0.15) is 5.10 Å². The van der Waals surface area contributed by atoms with Crippen molar-refractivity contribution in [1.29, 1.82) is 0 Å². The largest absolute Gasteiger partial charge is 0.292 e. The second kappa shape index (κ2) is 4.17. The monoisotopic (exact) mass is 235 g/mol. The fourth-order valence-electron chi connectivity index (χ4n) is 1.49. The van der Waals surface area contributed by atoms with Crippen molar-refractivity contribution >= 4 is 17.1 Å². The van der Waals surface area contributed by atoms with Gasteiger partial charge in [0.25, 0.3) is 0 Å². The average molecular weight is 235 g/mol. The molecular weight excluding hydrogens is 222 g/mol. The third-order valence-corrected chi connectivity index (χ3v) is 3.56. The molecule has 16 heavy (non-hydrogen) atoms. The fraction of sp³-hybridized carbons (Fsp3) is 0.364.